The summed E-state index contributed by atoms with van der Waals surface area (Å²) >= 11 is 3.08. The Morgan fingerprint density at radius 2 is 1.87 bits per heavy atom. The molecule has 10 heteroatoms. The van der Waals surface area contributed by atoms with Gasteiger partial charge in [0.2, 0.25) is 5.16 Å². The van der Waals surface area contributed by atoms with Gasteiger partial charge in [0.15, 0.2) is 5.82 Å². The van der Waals surface area contributed by atoms with Gasteiger partial charge in [-0.1, -0.05) is 0 Å². The average Bonchev–Trinajstić information content (AvgIpc) is 3.38. The van der Waals surface area contributed by atoms with Crippen LogP contribution >= 0.6 is 23.1 Å². The van der Waals surface area contributed by atoms with Crippen LogP contribution in [0.1, 0.15) is 11.4 Å². The number of hydrogen-bond acceptors (Lipinski definition) is 9. The molecule has 8 nitrogen and oxygen atoms in total. The number of rotatable bonds is 5. The first-order valence-corrected chi connectivity index (χ1v) is 11.1. The van der Waals surface area contributed by atoms with Gasteiger partial charge in [-0.15, -0.1) is 21.5 Å². The second-order valence-electron chi connectivity index (χ2n) is 6.71. The molecule has 0 N–H and O–H groups in total. The van der Waals surface area contributed by atoms with Gasteiger partial charge in [-0.3, -0.25) is 9.55 Å². The molecular formula is C21H17N7OS2. The molecular weight excluding hydrogens is 430 g/mol. The number of fused-ring (bicyclic) bond motifs is 1. The van der Waals surface area contributed by atoms with E-state index >= 15 is 0 Å². The Balaban J connectivity index is 1.68. The number of ether oxygens (including phenoxy) is 1. The van der Waals surface area contributed by atoms with Crippen LogP contribution in [0.3, 0.4) is 0 Å². The van der Waals surface area contributed by atoms with Gasteiger partial charge in [-0.05, 0) is 60.8 Å². The molecule has 0 aliphatic rings. The topological polar surface area (TPSA) is 91.5 Å². The van der Waals surface area contributed by atoms with E-state index in [4.69, 9.17) is 9.72 Å². The summed E-state index contributed by atoms with van der Waals surface area (Å²) in [6.07, 6.45) is 4.95. The van der Waals surface area contributed by atoms with Crippen molar-refractivity contribution in [3.8, 4) is 23.0 Å². The molecule has 0 aliphatic carbocycles. The molecule has 0 amide bonds. The number of methoxy groups -OCH3 is 1. The first kappa shape index (κ1) is 19.6. The highest BCUT2D eigenvalue weighted by Crippen LogP contribution is 2.37. The summed E-state index contributed by atoms with van der Waals surface area (Å²) in [5.41, 5.74) is 2.67. The lowest BCUT2D eigenvalue weighted by molar-refractivity contribution is 0.414. The van der Waals surface area contributed by atoms with Gasteiger partial charge in [-0.25, -0.2) is 15.0 Å². The van der Waals surface area contributed by atoms with Crippen molar-refractivity contribution in [3.05, 3.63) is 59.6 Å². The summed E-state index contributed by atoms with van der Waals surface area (Å²) in [5, 5.41) is 13.6. The highest BCUT2D eigenvalue weighted by molar-refractivity contribution is 7.99. The molecule has 0 atom stereocenters. The second kappa shape index (κ2) is 8.05. The first-order chi connectivity index (χ1) is 15.1. The normalized spacial score (nSPS) is 11.2. The van der Waals surface area contributed by atoms with Gasteiger partial charge in [0.1, 0.15) is 27.1 Å². The van der Waals surface area contributed by atoms with Crippen molar-refractivity contribution in [2.75, 3.05) is 7.11 Å². The summed E-state index contributed by atoms with van der Waals surface area (Å²) in [4.78, 5) is 18.8. The zero-order valence-corrected chi connectivity index (χ0v) is 18.6. The molecule has 0 saturated heterocycles. The molecule has 0 saturated carbocycles. The van der Waals surface area contributed by atoms with Crippen LogP contribution in [0.5, 0.6) is 5.75 Å². The predicted molar refractivity (Wildman–Crippen MR) is 120 cm³/mol. The minimum atomic E-state index is 0.602. The van der Waals surface area contributed by atoms with Gasteiger partial charge in [0.05, 0.1) is 19.0 Å². The summed E-state index contributed by atoms with van der Waals surface area (Å²) in [5.74, 6) is 2.10. The zero-order valence-electron chi connectivity index (χ0n) is 17.0. The van der Waals surface area contributed by atoms with E-state index in [2.05, 4.69) is 37.5 Å². The Morgan fingerprint density at radius 3 is 2.61 bits per heavy atom. The van der Waals surface area contributed by atoms with Crippen LogP contribution in [-0.4, -0.2) is 41.8 Å². The van der Waals surface area contributed by atoms with E-state index in [9.17, 15) is 0 Å². The summed E-state index contributed by atoms with van der Waals surface area (Å²) in [7, 11) is 1.64. The molecule has 5 aromatic rings. The maximum atomic E-state index is 5.31. The molecule has 4 aromatic heterocycles. The molecule has 1 aromatic carbocycles. The highest BCUT2D eigenvalue weighted by atomic mass is 32.2. The van der Waals surface area contributed by atoms with E-state index in [-0.39, 0.29) is 0 Å². The highest BCUT2D eigenvalue weighted by Gasteiger charge is 2.21. The van der Waals surface area contributed by atoms with E-state index in [1.165, 1.54) is 11.8 Å². The third-order valence-corrected chi connectivity index (χ3v) is 6.57. The van der Waals surface area contributed by atoms with Gasteiger partial charge in [0, 0.05) is 17.8 Å². The summed E-state index contributed by atoms with van der Waals surface area (Å²) in [6, 6.07) is 7.73. The number of thiophene rings is 1. The predicted octanol–water partition coefficient (Wildman–Crippen LogP) is 4.51. The van der Waals surface area contributed by atoms with E-state index in [1.807, 2.05) is 35.8 Å². The molecule has 154 valence electrons. The molecule has 31 heavy (non-hydrogen) atoms. The van der Waals surface area contributed by atoms with Gasteiger partial charge < -0.3 is 4.74 Å². The van der Waals surface area contributed by atoms with E-state index < -0.39 is 0 Å². The van der Waals surface area contributed by atoms with Crippen molar-refractivity contribution in [2.45, 2.75) is 24.0 Å². The van der Waals surface area contributed by atoms with E-state index in [0.717, 1.165) is 38.1 Å². The minimum absolute atomic E-state index is 0.602. The summed E-state index contributed by atoms with van der Waals surface area (Å²) in [6.45, 7) is 3.97. The Bertz CT molecular complexity index is 1360. The van der Waals surface area contributed by atoms with Crippen molar-refractivity contribution in [1.29, 1.82) is 0 Å². The molecule has 5 rings (SSSR count). The van der Waals surface area contributed by atoms with Crippen LogP contribution < -0.4 is 4.74 Å². The molecule has 0 radical (unpaired) electrons. The van der Waals surface area contributed by atoms with E-state index in [1.54, 1.807) is 37.0 Å². The standard InChI is InChI=1S/C21H17N7OS2/c1-12-11-30-19-17(12)20(25-13(2)24-19)31-21-27-26-18(16-10-22-8-9-23-16)28(21)14-4-6-15(29-3)7-5-14/h4-11H,1-3H3. The third-order valence-electron chi connectivity index (χ3n) is 4.64. The van der Waals surface area contributed by atoms with Crippen molar-refractivity contribution >= 4 is 33.3 Å². The number of hydrogen-bond donors (Lipinski definition) is 0. The van der Waals surface area contributed by atoms with Crippen molar-refractivity contribution in [2.24, 2.45) is 0 Å². The number of aryl methyl sites for hydroxylation is 2. The van der Waals surface area contributed by atoms with E-state index in [0.29, 0.717) is 16.7 Å². The molecule has 0 bridgehead atoms. The van der Waals surface area contributed by atoms with Crippen LogP contribution in [0.25, 0.3) is 27.4 Å². The lowest BCUT2D eigenvalue weighted by Crippen LogP contribution is -2.01. The maximum Gasteiger partial charge on any atom is 0.202 e. The van der Waals surface area contributed by atoms with Crippen LogP contribution in [0.4, 0.5) is 0 Å². The van der Waals surface area contributed by atoms with Crippen molar-refractivity contribution in [1.82, 2.24) is 34.7 Å². The van der Waals surface area contributed by atoms with Crippen LogP contribution in [0.2, 0.25) is 0 Å². The number of nitrogens with zero attached hydrogens (tertiary/aromatic N) is 7. The lowest BCUT2D eigenvalue weighted by Gasteiger charge is -2.11. The fraction of sp³-hybridized carbons (Fsp3) is 0.143. The SMILES string of the molecule is COc1ccc(-n2c(Sc3nc(C)nc4scc(C)c34)nnc2-c2cnccn2)cc1. The van der Waals surface area contributed by atoms with Crippen LogP contribution in [-0.2, 0) is 0 Å². The number of benzene rings is 1. The zero-order chi connectivity index (χ0) is 21.4. The van der Waals surface area contributed by atoms with Crippen LogP contribution in [0.15, 0.2) is 58.4 Å². The van der Waals surface area contributed by atoms with Gasteiger partial charge in [0.25, 0.3) is 0 Å². The Labute approximate surface area is 186 Å². The fourth-order valence-electron chi connectivity index (χ4n) is 3.19. The number of aromatic nitrogens is 7. The smallest absolute Gasteiger partial charge is 0.202 e. The van der Waals surface area contributed by atoms with Crippen molar-refractivity contribution < 1.29 is 4.74 Å². The first-order valence-electron chi connectivity index (χ1n) is 9.40. The molecule has 0 spiro atoms. The Hall–Kier alpha value is -3.37. The van der Waals surface area contributed by atoms with Gasteiger partial charge in [-0.2, -0.15) is 0 Å². The van der Waals surface area contributed by atoms with Gasteiger partial charge >= 0.3 is 0 Å². The lowest BCUT2D eigenvalue weighted by atomic mass is 10.3. The quantitative estimate of drug-likeness (QED) is 0.364. The largest absolute Gasteiger partial charge is 0.497 e. The minimum Gasteiger partial charge on any atom is -0.497 e. The maximum absolute atomic E-state index is 5.31. The molecule has 0 aliphatic heterocycles. The second-order valence-corrected chi connectivity index (χ2v) is 8.52. The molecule has 0 unspecified atom stereocenters. The Morgan fingerprint density at radius 1 is 1.03 bits per heavy atom. The molecule has 4 heterocycles. The Kier molecular flexibility index (Phi) is 5.08. The average molecular weight is 448 g/mol. The fourth-order valence-corrected chi connectivity index (χ4v) is 5.30. The molecule has 0 fully saturated rings. The summed E-state index contributed by atoms with van der Waals surface area (Å²) < 4.78 is 7.27. The van der Waals surface area contributed by atoms with Crippen molar-refractivity contribution in [3.63, 3.8) is 0 Å². The monoisotopic (exact) mass is 447 g/mol. The van der Waals surface area contributed by atoms with Crippen LogP contribution in [0, 0.1) is 13.8 Å². The third kappa shape index (κ3) is 3.64.